The minimum atomic E-state index is -0.374. The standard InChI is InChI=1S/C15H10F2O/c16-12-2-1-9-8-15(18)14-4-3-13(17)7-11(14)5-10(9)6-12/h1-4,6-7H,5,8H2. The van der Waals surface area contributed by atoms with Gasteiger partial charge in [0.2, 0.25) is 0 Å². The lowest BCUT2D eigenvalue weighted by atomic mass is 10.0. The summed E-state index contributed by atoms with van der Waals surface area (Å²) in [6, 6.07) is 8.55. The molecule has 2 aromatic carbocycles. The Morgan fingerprint density at radius 1 is 0.778 bits per heavy atom. The second kappa shape index (κ2) is 4.02. The molecular weight excluding hydrogens is 234 g/mol. The van der Waals surface area contributed by atoms with E-state index in [0.29, 0.717) is 17.5 Å². The number of halogens is 2. The molecule has 0 atom stereocenters. The first-order chi connectivity index (χ1) is 8.63. The number of carbonyl (C=O) groups excluding carboxylic acids is 1. The van der Waals surface area contributed by atoms with Crippen LogP contribution in [0.2, 0.25) is 0 Å². The molecule has 0 radical (unpaired) electrons. The fourth-order valence-corrected chi connectivity index (χ4v) is 2.39. The van der Waals surface area contributed by atoms with Crippen molar-refractivity contribution in [2.45, 2.75) is 12.8 Å². The third kappa shape index (κ3) is 1.82. The van der Waals surface area contributed by atoms with Crippen LogP contribution in [0, 0.1) is 11.6 Å². The van der Waals surface area contributed by atoms with E-state index >= 15 is 0 Å². The van der Waals surface area contributed by atoms with E-state index in [1.165, 1.54) is 30.3 Å². The zero-order valence-electron chi connectivity index (χ0n) is 9.54. The number of fused-ring (bicyclic) bond motifs is 2. The maximum atomic E-state index is 13.2. The predicted octanol–water partition coefficient (Wildman–Crippen LogP) is 3.29. The van der Waals surface area contributed by atoms with E-state index in [0.717, 1.165) is 11.1 Å². The molecule has 0 saturated carbocycles. The SMILES string of the molecule is O=C1Cc2ccc(F)cc2Cc2cc(F)ccc21. The number of benzene rings is 2. The highest BCUT2D eigenvalue weighted by atomic mass is 19.1. The van der Waals surface area contributed by atoms with E-state index in [4.69, 9.17) is 0 Å². The highest BCUT2D eigenvalue weighted by molar-refractivity contribution is 5.99. The van der Waals surface area contributed by atoms with Gasteiger partial charge < -0.3 is 0 Å². The maximum absolute atomic E-state index is 13.2. The fraction of sp³-hybridized carbons (Fsp3) is 0.133. The summed E-state index contributed by atoms with van der Waals surface area (Å²) in [5.41, 5.74) is 2.74. The van der Waals surface area contributed by atoms with Crippen LogP contribution in [-0.4, -0.2) is 5.78 Å². The van der Waals surface area contributed by atoms with Gasteiger partial charge in [-0.15, -0.1) is 0 Å². The van der Waals surface area contributed by atoms with Gasteiger partial charge in [0, 0.05) is 12.0 Å². The first-order valence-corrected chi connectivity index (χ1v) is 5.72. The Hall–Kier alpha value is -2.03. The van der Waals surface area contributed by atoms with E-state index in [1.54, 1.807) is 6.07 Å². The predicted molar refractivity (Wildman–Crippen MR) is 63.6 cm³/mol. The Kier molecular flexibility index (Phi) is 2.47. The van der Waals surface area contributed by atoms with Gasteiger partial charge in [0.1, 0.15) is 11.6 Å². The molecule has 18 heavy (non-hydrogen) atoms. The quantitative estimate of drug-likeness (QED) is 0.695. The lowest BCUT2D eigenvalue weighted by Crippen LogP contribution is -2.03. The van der Waals surface area contributed by atoms with Gasteiger partial charge in [0.15, 0.2) is 5.78 Å². The van der Waals surface area contributed by atoms with E-state index in [2.05, 4.69) is 0 Å². The normalized spacial score (nSPS) is 13.8. The number of hydrogen-bond acceptors (Lipinski definition) is 1. The molecule has 0 saturated heterocycles. The number of hydrogen-bond donors (Lipinski definition) is 0. The summed E-state index contributed by atoms with van der Waals surface area (Å²) in [5, 5.41) is 0. The Balaban J connectivity index is 2.18. The molecule has 0 unspecified atom stereocenters. The Morgan fingerprint density at radius 3 is 2.22 bits per heavy atom. The summed E-state index contributed by atoms with van der Waals surface area (Å²) >= 11 is 0. The number of Topliss-reactive ketones (excluding diaryl/α,β-unsaturated/α-hetero) is 1. The highest BCUT2D eigenvalue weighted by Crippen LogP contribution is 2.25. The van der Waals surface area contributed by atoms with Crippen molar-refractivity contribution in [3.63, 3.8) is 0 Å². The van der Waals surface area contributed by atoms with Crippen molar-refractivity contribution in [2.24, 2.45) is 0 Å². The van der Waals surface area contributed by atoms with Crippen LogP contribution in [0.25, 0.3) is 0 Å². The topological polar surface area (TPSA) is 17.1 Å². The fourth-order valence-electron chi connectivity index (χ4n) is 2.39. The van der Waals surface area contributed by atoms with E-state index in [-0.39, 0.29) is 23.8 Å². The summed E-state index contributed by atoms with van der Waals surface area (Å²) < 4.78 is 26.4. The molecule has 0 amide bonds. The Labute approximate surface area is 103 Å². The van der Waals surface area contributed by atoms with E-state index in [9.17, 15) is 13.6 Å². The van der Waals surface area contributed by atoms with Gasteiger partial charge in [-0.25, -0.2) is 8.78 Å². The summed E-state index contributed by atoms with van der Waals surface area (Å²) in [6.07, 6.45) is 0.639. The summed E-state index contributed by atoms with van der Waals surface area (Å²) in [7, 11) is 0. The van der Waals surface area contributed by atoms with Crippen molar-refractivity contribution in [2.75, 3.05) is 0 Å². The lowest BCUT2D eigenvalue weighted by molar-refractivity contribution is 0.0993. The van der Waals surface area contributed by atoms with Gasteiger partial charge >= 0.3 is 0 Å². The number of ketones is 1. The van der Waals surface area contributed by atoms with Gasteiger partial charge in [-0.1, -0.05) is 6.07 Å². The van der Waals surface area contributed by atoms with Gasteiger partial charge in [0.25, 0.3) is 0 Å². The van der Waals surface area contributed by atoms with Crippen LogP contribution in [0.5, 0.6) is 0 Å². The second-order valence-corrected chi connectivity index (χ2v) is 4.49. The zero-order valence-corrected chi connectivity index (χ0v) is 9.54. The summed E-state index contributed by atoms with van der Waals surface area (Å²) in [6.45, 7) is 0. The van der Waals surface area contributed by atoms with Crippen LogP contribution in [0.15, 0.2) is 36.4 Å². The molecular formula is C15H10F2O. The van der Waals surface area contributed by atoms with Crippen molar-refractivity contribution >= 4 is 5.78 Å². The molecule has 90 valence electrons. The van der Waals surface area contributed by atoms with Crippen LogP contribution >= 0.6 is 0 Å². The Bertz CT molecular complexity index is 647. The van der Waals surface area contributed by atoms with Crippen molar-refractivity contribution in [3.05, 3.63) is 70.3 Å². The number of carbonyl (C=O) groups is 1. The van der Waals surface area contributed by atoms with Crippen molar-refractivity contribution < 1.29 is 13.6 Å². The third-order valence-corrected chi connectivity index (χ3v) is 3.27. The lowest BCUT2D eigenvalue weighted by Gasteiger charge is -2.05. The molecule has 0 N–H and O–H groups in total. The molecule has 1 nitrogen and oxygen atoms in total. The molecule has 0 heterocycles. The Morgan fingerprint density at radius 2 is 1.44 bits per heavy atom. The first-order valence-electron chi connectivity index (χ1n) is 5.72. The molecule has 3 rings (SSSR count). The average Bonchev–Trinajstić information content (AvgIpc) is 2.44. The van der Waals surface area contributed by atoms with Crippen molar-refractivity contribution in [1.82, 2.24) is 0 Å². The van der Waals surface area contributed by atoms with Gasteiger partial charge in [-0.05, 0) is 53.4 Å². The largest absolute Gasteiger partial charge is 0.294 e. The third-order valence-electron chi connectivity index (χ3n) is 3.27. The summed E-state index contributed by atoms with van der Waals surface area (Å²) in [5.74, 6) is -0.752. The molecule has 0 aromatic heterocycles. The van der Waals surface area contributed by atoms with E-state index in [1.807, 2.05) is 0 Å². The zero-order chi connectivity index (χ0) is 12.7. The average molecular weight is 244 g/mol. The van der Waals surface area contributed by atoms with Crippen LogP contribution in [0.1, 0.15) is 27.0 Å². The minimum Gasteiger partial charge on any atom is -0.294 e. The maximum Gasteiger partial charge on any atom is 0.167 e. The van der Waals surface area contributed by atoms with Crippen molar-refractivity contribution in [1.29, 1.82) is 0 Å². The van der Waals surface area contributed by atoms with E-state index < -0.39 is 0 Å². The smallest absolute Gasteiger partial charge is 0.167 e. The van der Waals surface area contributed by atoms with Gasteiger partial charge in [-0.2, -0.15) is 0 Å². The number of rotatable bonds is 0. The second-order valence-electron chi connectivity index (χ2n) is 4.49. The summed E-state index contributed by atoms with van der Waals surface area (Å²) in [4.78, 5) is 12.0. The molecule has 0 fully saturated rings. The molecule has 0 bridgehead atoms. The first kappa shape index (κ1) is 11.1. The van der Waals surface area contributed by atoms with Crippen molar-refractivity contribution in [3.8, 4) is 0 Å². The van der Waals surface area contributed by atoms with Crippen LogP contribution in [-0.2, 0) is 12.8 Å². The molecule has 2 aromatic rings. The van der Waals surface area contributed by atoms with Crippen LogP contribution in [0.4, 0.5) is 8.78 Å². The highest BCUT2D eigenvalue weighted by Gasteiger charge is 2.20. The molecule has 3 heteroatoms. The van der Waals surface area contributed by atoms with Crippen LogP contribution in [0.3, 0.4) is 0 Å². The molecule has 0 aliphatic heterocycles. The van der Waals surface area contributed by atoms with Gasteiger partial charge in [0.05, 0.1) is 0 Å². The minimum absolute atomic E-state index is 0.0460. The molecule has 1 aliphatic carbocycles. The molecule has 1 aliphatic rings. The van der Waals surface area contributed by atoms with Gasteiger partial charge in [-0.3, -0.25) is 4.79 Å². The monoisotopic (exact) mass is 244 g/mol. The molecule has 0 spiro atoms. The van der Waals surface area contributed by atoms with Crippen LogP contribution < -0.4 is 0 Å².